The summed E-state index contributed by atoms with van der Waals surface area (Å²) in [6, 6.07) is 17.4. The maximum absolute atomic E-state index is 14.1. The van der Waals surface area contributed by atoms with Gasteiger partial charge in [-0.25, -0.2) is 14.2 Å². The zero-order valence-electron chi connectivity index (χ0n) is 23.6. The Morgan fingerprint density at radius 1 is 1.15 bits per heavy atom. The van der Waals surface area contributed by atoms with Crippen molar-refractivity contribution in [1.29, 1.82) is 0 Å². The largest absolute Gasteiger partial charge is 0.510 e. The van der Waals surface area contributed by atoms with Crippen LogP contribution in [0, 0.1) is 17.7 Å². The molecule has 0 aromatic heterocycles. The van der Waals surface area contributed by atoms with Crippen LogP contribution in [0.5, 0.6) is 0 Å². The lowest BCUT2D eigenvalue weighted by molar-refractivity contribution is -0.0578. The molecule has 0 saturated heterocycles. The van der Waals surface area contributed by atoms with E-state index in [0.29, 0.717) is 17.6 Å². The monoisotopic (exact) mass is 555 g/mol. The fourth-order valence-electron chi connectivity index (χ4n) is 6.45. The lowest BCUT2D eigenvalue weighted by Crippen LogP contribution is -2.55. The van der Waals surface area contributed by atoms with Gasteiger partial charge in [-0.1, -0.05) is 49.4 Å². The summed E-state index contributed by atoms with van der Waals surface area (Å²) in [5, 5.41) is 0. The predicted octanol–water partition coefficient (Wildman–Crippen LogP) is 6.77. The number of benzene rings is 2. The number of nitrogens with zero attached hydrogens (tertiary/aromatic N) is 3. The van der Waals surface area contributed by atoms with Crippen molar-refractivity contribution >= 4 is 24.3 Å². The molecule has 0 amide bonds. The summed E-state index contributed by atoms with van der Waals surface area (Å²) in [5.41, 5.74) is 1.26. The summed E-state index contributed by atoms with van der Waals surface area (Å²) in [4.78, 5) is 21.9. The van der Waals surface area contributed by atoms with Crippen molar-refractivity contribution in [2.45, 2.75) is 62.6 Å². The van der Waals surface area contributed by atoms with Crippen molar-refractivity contribution in [2.24, 2.45) is 16.8 Å². The first-order valence-corrected chi connectivity index (χ1v) is 15.1. The maximum atomic E-state index is 14.1. The Morgan fingerprint density at radius 2 is 1.90 bits per heavy atom. The van der Waals surface area contributed by atoms with Crippen LogP contribution in [0.4, 0.5) is 9.18 Å². The van der Waals surface area contributed by atoms with E-state index < -0.39 is 11.9 Å². The van der Waals surface area contributed by atoms with Crippen molar-refractivity contribution in [2.75, 3.05) is 33.5 Å². The van der Waals surface area contributed by atoms with Gasteiger partial charge >= 0.3 is 6.16 Å². The molecule has 39 heavy (non-hydrogen) atoms. The van der Waals surface area contributed by atoms with Crippen LogP contribution in [0.25, 0.3) is 0 Å². The molecule has 1 saturated carbocycles. The van der Waals surface area contributed by atoms with Gasteiger partial charge in [0.25, 0.3) is 0 Å². The molecular formula is C31H42FN3O3S. The molecule has 1 aliphatic heterocycles. The molecule has 1 aliphatic carbocycles. The van der Waals surface area contributed by atoms with Gasteiger partial charge < -0.3 is 19.3 Å². The van der Waals surface area contributed by atoms with Crippen LogP contribution < -0.4 is 0 Å². The summed E-state index contributed by atoms with van der Waals surface area (Å²) < 4.78 is 25.1. The van der Waals surface area contributed by atoms with E-state index in [1.807, 2.05) is 30.6 Å². The second-order valence-corrected chi connectivity index (χ2v) is 11.9. The van der Waals surface area contributed by atoms with E-state index in [2.05, 4.69) is 43.0 Å². The zero-order valence-corrected chi connectivity index (χ0v) is 24.4. The van der Waals surface area contributed by atoms with E-state index >= 15 is 0 Å². The SMILES string of the molecule is CCCN1C=NC(CSCc2ccccc2)(OC(=O)OC)C1C1CCC(C(c2cccc(F)c2)N(C)C)CC1. The van der Waals surface area contributed by atoms with Crippen LogP contribution in [0.3, 0.4) is 0 Å². The number of thioether (sulfide) groups is 1. The van der Waals surface area contributed by atoms with E-state index in [0.717, 1.165) is 50.0 Å². The molecule has 3 unspecified atom stereocenters. The number of ether oxygens (including phenoxy) is 2. The first-order valence-electron chi connectivity index (χ1n) is 14.0. The van der Waals surface area contributed by atoms with Crippen molar-refractivity contribution in [3.8, 4) is 0 Å². The van der Waals surface area contributed by atoms with Crippen LogP contribution in [0.2, 0.25) is 0 Å². The minimum atomic E-state index is -0.997. The lowest BCUT2D eigenvalue weighted by Gasteiger charge is -2.44. The first kappa shape index (κ1) is 29.4. The van der Waals surface area contributed by atoms with E-state index in [-0.39, 0.29) is 17.9 Å². The average molecular weight is 556 g/mol. The number of methoxy groups -OCH3 is 1. The number of hydrogen-bond acceptors (Lipinski definition) is 7. The second-order valence-electron chi connectivity index (χ2n) is 10.9. The van der Waals surface area contributed by atoms with Crippen molar-refractivity contribution < 1.29 is 18.7 Å². The molecule has 2 aromatic carbocycles. The highest BCUT2D eigenvalue weighted by Crippen LogP contribution is 2.46. The number of carbonyl (C=O) groups is 1. The van der Waals surface area contributed by atoms with Gasteiger partial charge in [0, 0.05) is 18.3 Å². The Labute approximate surface area is 237 Å². The van der Waals surface area contributed by atoms with Crippen LogP contribution in [0.1, 0.15) is 56.2 Å². The van der Waals surface area contributed by atoms with Gasteiger partial charge in [0.15, 0.2) is 0 Å². The van der Waals surface area contributed by atoms with Gasteiger partial charge in [-0.15, -0.1) is 0 Å². The molecule has 212 valence electrons. The molecule has 1 heterocycles. The molecule has 0 spiro atoms. The molecule has 4 rings (SSSR count). The van der Waals surface area contributed by atoms with Crippen LogP contribution in [-0.2, 0) is 15.2 Å². The minimum absolute atomic E-state index is 0.0484. The third-order valence-electron chi connectivity index (χ3n) is 8.03. The van der Waals surface area contributed by atoms with Gasteiger partial charge in [0.05, 0.1) is 25.2 Å². The third-order valence-corrected chi connectivity index (χ3v) is 9.18. The summed E-state index contributed by atoms with van der Waals surface area (Å²) >= 11 is 1.74. The normalized spacial score (nSPS) is 25.6. The number of hydrogen-bond donors (Lipinski definition) is 0. The van der Waals surface area contributed by atoms with Gasteiger partial charge in [-0.05, 0) is 81.3 Å². The maximum Gasteiger partial charge on any atom is 0.510 e. The van der Waals surface area contributed by atoms with Gasteiger partial charge in [-0.2, -0.15) is 11.8 Å². The third kappa shape index (κ3) is 7.14. The summed E-state index contributed by atoms with van der Waals surface area (Å²) in [5.74, 6) is 1.91. The van der Waals surface area contributed by atoms with Gasteiger partial charge in [0.1, 0.15) is 5.82 Å². The molecule has 2 aromatic rings. The Bertz CT molecular complexity index is 1090. The minimum Gasteiger partial charge on any atom is -0.438 e. The second kappa shape index (κ2) is 13.7. The number of carbonyl (C=O) groups excluding carboxylic acids is 1. The molecule has 3 atom stereocenters. The van der Waals surface area contributed by atoms with Crippen molar-refractivity contribution in [1.82, 2.24) is 9.80 Å². The van der Waals surface area contributed by atoms with Crippen molar-refractivity contribution in [3.63, 3.8) is 0 Å². The van der Waals surface area contributed by atoms with Crippen LogP contribution in [-0.4, -0.2) is 67.6 Å². The molecule has 0 N–H and O–H groups in total. The predicted molar refractivity (Wildman–Crippen MR) is 156 cm³/mol. The van der Waals surface area contributed by atoms with Crippen LogP contribution >= 0.6 is 11.8 Å². The number of rotatable bonds is 11. The van der Waals surface area contributed by atoms with Gasteiger partial charge in [-0.3, -0.25) is 0 Å². The Hall–Kier alpha value is -2.58. The Balaban J connectivity index is 1.53. The van der Waals surface area contributed by atoms with Crippen LogP contribution in [0.15, 0.2) is 59.6 Å². The van der Waals surface area contributed by atoms with E-state index in [9.17, 15) is 9.18 Å². The Kier molecular flexibility index (Phi) is 10.3. The highest BCUT2D eigenvalue weighted by atomic mass is 32.2. The molecular weight excluding hydrogens is 513 g/mol. The standard InChI is InChI=1S/C31H42FN3O3S/c1-5-18-35-22-33-31(38-30(36)37-4,21-39-20-23-10-7-6-8-11-23)29(35)25-16-14-24(15-17-25)28(34(2)3)26-12-9-13-27(32)19-26/h6-13,19,22,24-25,28-29H,5,14-18,20-21H2,1-4H3. The highest BCUT2D eigenvalue weighted by Gasteiger charge is 2.53. The molecule has 0 radical (unpaired) electrons. The van der Waals surface area contributed by atoms with E-state index in [4.69, 9.17) is 14.5 Å². The summed E-state index contributed by atoms with van der Waals surface area (Å²) in [7, 11) is 5.51. The molecule has 6 nitrogen and oxygen atoms in total. The topological polar surface area (TPSA) is 54.4 Å². The number of halogens is 1. The fourth-order valence-corrected chi connectivity index (χ4v) is 7.57. The molecule has 2 aliphatic rings. The first-order chi connectivity index (χ1) is 18.9. The molecule has 1 fully saturated rings. The molecule has 8 heteroatoms. The summed E-state index contributed by atoms with van der Waals surface area (Å²) in [6.07, 6.45) is 6.20. The quantitative estimate of drug-likeness (QED) is 0.285. The summed E-state index contributed by atoms with van der Waals surface area (Å²) in [6.45, 7) is 3.02. The van der Waals surface area contributed by atoms with E-state index in [1.165, 1.54) is 18.7 Å². The highest BCUT2D eigenvalue weighted by molar-refractivity contribution is 7.98. The lowest BCUT2D eigenvalue weighted by atomic mass is 9.72. The van der Waals surface area contributed by atoms with Crippen molar-refractivity contribution in [3.05, 3.63) is 71.5 Å². The number of aliphatic imine (C=N–C) groups is 1. The Morgan fingerprint density at radius 3 is 2.54 bits per heavy atom. The molecule has 0 bridgehead atoms. The van der Waals surface area contributed by atoms with E-state index in [1.54, 1.807) is 23.9 Å². The zero-order chi connectivity index (χ0) is 27.8. The average Bonchev–Trinajstić information content (AvgIpc) is 3.27. The smallest absolute Gasteiger partial charge is 0.438 e. The van der Waals surface area contributed by atoms with Gasteiger partial charge in [0.2, 0.25) is 5.72 Å². The fraction of sp³-hybridized carbons (Fsp3) is 0.548.